The molecule has 2 saturated heterocycles. The minimum atomic E-state index is -0.994. The van der Waals surface area contributed by atoms with Crippen molar-refractivity contribution in [2.24, 2.45) is 11.8 Å². The van der Waals surface area contributed by atoms with Crippen LogP contribution in [-0.4, -0.2) is 45.5 Å². The van der Waals surface area contributed by atoms with E-state index in [1.54, 1.807) is 38.1 Å². The van der Waals surface area contributed by atoms with Gasteiger partial charge in [0.05, 0.1) is 27.9 Å². The lowest BCUT2D eigenvalue weighted by Gasteiger charge is -2.22. The molecule has 226 valence electrons. The highest BCUT2D eigenvalue weighted by Gasteiger charge is 2.73. The first-order valence-electron chi connectivity index (χ1n) is 15.3. The van der Waals surface area contributed by atoms with E-state index in [-0.39, 0.29) is 44.9 Å². The number of rotatable bonds is 6. The second kappa shape index (κ2) is 8.66. The zero-order valence-corrected chi connectivity index (χ0v) is 26.4. The first-order valence-corrected chi connectivity index (χ1v) is 15.3. The molecule has 3 aromatic rings. The van der Waals surface area contributed by atoms with Crippen LogP contribution in [0.1, 0.15) is 96.8 Å². The molecule has 4 atom stereocenters. The zero-order chi connectivity index (χ0) is 31.7. The molecule has 0 spiro atoms. The number of ether oxygens (including phenoxy) is 1. The summed E-state index contributed by atoms with van der Waals surface area (Å²) in [7, 11) is 0. The Kier molecular flexibility index (Phi) is 5.60. The molecule has 8 nitrogen and oxygen atoms in total. The molecule has 1 N–H and O–H groups in total. The quantitative estimate of drug-likeness (QED) is 0.260. The van der Waals surface area contributed by atoms with E-state index in [1.165, 1.54) is 12.1 Å². The molecule has 4 unspecified atom stereocenters. The molecule has 0 bridgehead atoms. The van der Waals surface area contributed by atoms with Crippen molar-refractivity contribution in [3.8, 4) is 11.5 Å². The molecule has 3 aliphatic heterocycles. The maximum atomic E-state index is 13.4. The van der Waals surface area contributed by atoms with Gasteiger partial charge in [0.1, 0.15) is 22.6 Å². The fourth-order valence-corrected chi connectivity index (χ4v) is 7.81. The van der Waals surface area contributed by atoms with Gasteiger partial charge in [-0.2, -0.15) is 0 Å². The second-order valence-corrected chi connectivity index (χ2v) is 14.0. The number of Topliss-reactive ketones (excluding diaryl/α,β-unsaturated/α-hetero) is 2. The fraction of sp³-hybridized carbons (Fsp3) is 0.389. The van der Waals surface area contributed by atoms with Gasteiger partial charge >= 0.3 is 0 Å². The van der Waals surface area contributed by atoms with Gasteiger partial charge in [-0.15, -0.1) is 0 Å². The van der Waals surface area contributed by atoms with Crippen LogP contribution in [-0.2, 0) is 0 Å². The topological polar surface area (TPSA) is 106 Å². The number of nitrogens with zero attached hydrogens (tertiary/aromatic N) is 2. The van der Waals surface area contributed by atoms with Crippen molar-refractivity contribution in [1.82, 2.24) is 5.32 Å². The van der Waals surface area contributed by atoms with Crippen LogP contribution in [0.25, 0.3) is 0 Å². The van der Waals surface area contributed by atoms with E-state index >= 15 is 0 Å². The normalized spacial score (nSPS) is 30.1. The minimum Gasteiger partial charge on any atom is -0.457 e. The van der Waals surface area contributed by atoms with Crippen molar-refractivity contribution in [1.29, 1.82) is 0 Å². The van der Waals surface area contributed by atoms with Gasteiger partial charge < -0.3 is 9.64 Å². The molecule has 2 fully saturated rings. The SMILES string of the molecule is CC(C)C1(C)N(c2ccc(Oc3ccc(N4C(=O)c5cc6c(cc5C4=O)C(=O)C4(C)NC4(C)C6=O)cc3)cc2)C1(C)C(C)C. The molecule has 7 rings (SSSR count). The molecule has 0 aromatic heterocycles. The number of hydrogen-bond donors (Lipinski definition) is 1. The summed E-state index contributed by atoms with van der Waals surface area (Å²) in [5.74, 6) is 0.673. The van der Waals surface area contributed by atoms with Gasteiger partial charge in [0.15, 0.2) is 11.6 Å². The van der Waals surface area contributed by atoms with Gasteiger partial charge in [-0.3, -0.25) is 24.5 Å². The summed E-state index contributed by atoms with van der Waals surface area (Å²) in [6.07, 6.45) is 0. The summed E-state index contributed by atoms with van der Waals surface area (Å²) in [6, 6.07) is 17.6. The summed E-state index contributed by atoms with van der Waals surface area (Å²) < 4.78 is 6.10. The number of anilines is 2. The first kappa shape index (κ1) is 28.5. The highest BCUT2D eigenvalue weighted by Crippen LogP contribution is 2.61. The molecule has 8 heteroatoms. The van der Waals surface area contributed by atoms with Crippen LogP contribution < -0.4 is 19.9 Å². The smallest absolute Gasteiger partial charge is 0.266 e. The van der Waals surface area contributed by atoms with E-state index in [0.717, 1.165) is 10.6 Å². The molecule has 2 amide bonds. The predicted molar refractivity (Wildman–Crippen MR) is 168 cm³/mol. The van der Waals surface area contributed by atoms with Crippen molar-refractivity contribution in [3.05, 3.63) is 82.9 Å². The summed E-state index contributed by atoms with van der Waals surface area (Å²) in [5, 5.41) is 3.02. The molecule has 4 aliphatic rings. The molecule has 0 saturated carbocycles. The summed E-state index contributed by atoms with van der Waals surface area (Å²) in [4.78, 5) is 56.8. The van der Waals surface area contributed by atoms with Gasteiger partial charge in [0, 0.05) is 16.8 Å². The Hall–Kier alpha value is -4.30. The zero-order valence-electron chi connectivity index (χ0n) is 26.4. The van der Waals surface area contributed by atoms with E-state index in [2.05, 4.69) is 63.9 Å². The fourth-order valence-electron chi connectivity index (χ4n) is 7.81. The van der Waals surface area contributed by atoms with Crippen molar-refractivity contribution in [2.45, 2.75) is 77.5 Å². The molecular formula is C36H37N3O5. The van der Waals surface area contributed by atoms with Crippen LogP contribution in [0.2, 0.25) is 0 Å². The predicted octanol–water partition coefficient (Wildman–Crippen LogP) is 6.43. The van der Waals surface area contributed by atoms with Crippen molar-refractivity contribution in [2.75, 3.05) is 9.80 Å². The van der Waals surface area contributed by atoms with Crippen LogP contribution in [0.4, 0.5) is 11.4 Å². The Balaban J connectivity index is 1.09. The van der Waals surface area contributed by atoms with E-state index in [9.17, 15) is 19.2 Å². The Morgan fingerprint density at radius 2 is 0.977 bits per heavy atom. The summed E-state index contributed by atoms with van der Waals surface area (Å²) in [6.45, 7) is 17.2. The lowest BCUT2D eigenvalue weighted by molar-refractivity contribution is 0.0854. The molecular weight excluding hydrogens is 554 g/mol. The number of hydrogen-bond acceptors (Lipinski definition) is 7. The molecule has 0 radical (unpaired) electrons. The van der Waals surface area contributed by atoms with Crippen molar-refractivity contribution < 1.29 is 23.9 Å². The highest BCUT2D eigenvalue weighted by molar-refractivity contribution is 6.36. The van der Waals surface area contributed by atoms with Crippen LogP contribution in [0.3, 0.4) is 0 Å². The van der Waals surface area contributed by atoms with Crippen LogP contribution in [0.15, 0.2) is 60.7 Å². The van der Waals surface area contributed by atoms with Crippen LogP contribution >= 0.6 is 0 Å². The number of benzene rings is 3. The van der Waals surface area contributed by atoms with E-state index in [1.807, 2.05) is 12.1 Å². The van der Waals surface area contributed by atoms with Gasteiger partial charge in [0.25, 0.3) is 11.8 Å². The summed E-state index contributed by atoms with van der Waals surface area (Å²) in [5.41, 5.74) is 0.289. The molecule has 3 aromatic carbocycles. The molecule has 1 aliphatic carbocycles. The lowest BCUT2D eigenvalue weighted by atomic mass is 9.75. The van der Waals surface area contributed by atoms with Crippen LogP contribution in [0.5, 0.6) is 11.5 Å². The highest BCUT2D eigenvalue weighted by atomic mass is 16.5. The van der Waals surface area contributed by atoms with Crippen molar-refractivity contribution in [3.63, 3.8) is 0 Å². The Morgan fingerprint density at radius 1 is 0.591 bits per heavy atom. The molecule has 44 heavy (non-hydrogen) atoms. The third kappa shape index (κ3) is 3.32. The third-order valence-corrected chi connectivity index (χ3v) is 11.4. The monoisotopic (exact) mass is 591 g/mol. The standard InChI is InChI=1S/C36H37N3O5/c1-19(2)35(7)36(8,20(3)4)39(35)22-11-15-24(16-12-22)44-23-13-9-21(10-14-23)38-31(42)27-17-25-26(18-28(27)32(38)43)30(41)34(6)33(5,37-34)29(25)40/h9-20,37H,1-8H3. The largest absolute Gasteiger partial charge is 0.457 e. The minimum absolute atomic E-state index is 0.0712. The number of carbonyl (C=O) groups excluding carboxylic acids is 4. The maximum absolute atomic E-state index is 13.4. The number of imide groups is 1. The van der Waals surface area contributed by atoms with Crippen LogP contribution in [0, 0.1) is 11.8 Å². The Morgan fingerprint density at radius 3 is 1.36 bits per heavy atom. The summed E-state index contributed by atoms with van der Waals surface area (Å²) >= 11 is 0. The number of ketones is 2. The molecule has 3 heterocycles. The number of nitrogens with one attached hydrogen (secondary N) is 1. The number of amides is 2. The van der Waals surface area contributed by atoms with Crippen molar-refractivity contribution >= 4 is 34.8 Å². The van der Waals surface area contributed by atoms with Gasteiger partial charge in [-0.25, -0.2) is 4.90 Å². The lowest BCUT2D eigenvalue weighted by Crippen LogP contribution is -2.41. The van der Waals surface area contributed by atoms with Gasteiger partial charge in [-0.05, 0) is 100 Å². The maximum Gasteiger partial charge on any atom is 0.266 e. The van der Waals surface area contributed by atoms with E-state index < -0.39 is 22.9 Å². The number of fused-ring (bicyclic) bond motifs is 3. The average molecular weight is 592 g/mol. The van der Waals surface area contributed by atoms with Gasteiger partial charge in [-0.1, -0.05) is 27.7 Å². The van der Waals surface area contributed by atoms with E-state index in [4.69, 9.17) is 4.74 Å². The number of carbonyl (C=O) groups is 4. The third-order valence-electron chi connectivity index (χ3n) is 11.4. The second-order valence-electron chi connectivity index (χ2n) is 14.0. The van der Waals surface area contributed by atoms with E-state index in [0.29, 0.717) is 29.0 Å². The Labute approximate surface area is 257 Å². The van der Waals surface area contributed by atoms with Gasteiger partial charge in [0.2, 0.25) is 0 Å². The average Bonchev–Trinajstić information content (AvgIpc) is 3.74. The Bertz CT molecular complexity index is 1730. The first-order chi connectivity index (χ1) is 20.6.